The zero-order valence-electron chi connectivity index (χ0n) is 14.4. The van der Waals surface area contributed by atoms with Crippen LogP contribution in [0.5, 0.6) is 0 Å². The molecule has 1 atom stereocenters. The molecule has 1 aromatic carbocycles. The lowest BCUT2D eigenvalue weighted by molar-refractivity contribution is 0.0777. The van der Waals surface area contributed by atoms with E-state index >= 15 is 0 Å². The van der Waals surface area contributed by atoms with Gasteiger partial charge in [0.15, 0.2) is 0 Å². The quantitative estimate of drug-likeness (QED) is 0.417. The van der Waals surface area contributed by atoms with Crippen LogP contribution in [0.3, 0.4) is 0 Å². The fourth-order valence-corrected chi connectivity index (χ4v) is 2.94. The molecule has 0 saturated heterocycles. The average Bonchev–Trinajstić information content (AvgIpc) is 3.01. The van der Waals surface area contributed by atoms with E-state index in [9.17, 15) is 10.1 Å². The van der Waals surface area contributed by atoms with Gasteiger partial charge in [0.05, 0.1) is 6.07 Å². The molecule has 0 N–H and O–H groups in total. The molecular weight excluding hydrogens is 318 g/mol. The Balaban J connectivity index is 1.97. The molecule has 0 radical (unpaired) electrons. The highest BCUT2D eigenvalue weighted by molar-refractivity contribution is 6.76. The lowest BCUT2D eigenvalue weighted by atomic mass is 9.94. The third-order valence-electron chi connectivity index (χ3n) is 3.64. The van der Waals surface area contributed by atoms with Crippen LogP contribution in [-0.4, -0.2) is 30.2 Å². The number of hydrogen-bond donors (Lipinski definition) is 0. The summed E-state index contributed by atoms with van der Waals surface area (Å²) in [6.07, 6.45) is 1.71. The molecule has 0 fully saturated rings. The van der Waals surface area contributed by atoms with Crippen molar-refractivity contribution >= 4 is 13.9 Å². The Hall–Kier alpha value is -2.23. The molecule has 0 amide bonds. The van der Waals surface area contributed by atoms with Crippen molar-refractivity contribution in [1.29, 1.82) is 5.26 Å². The van der Waals surface area contributed by atoms with E-state index in [1.54, 1.807) is 29.1 Å². The average molecular weight is 341 g/mol. The van der Waals surface area contributed by atoms with E-state index < -0.39 is 14.0 Å². The van der Waals surface area contributed by atoms with Crippen molar-refractivity contribution in [1.82, 2.24) is 9.78 Å². The van der Waals surface area contributed by atoms with Crippen molar-refractivity contribution in [3.05, 3.63) is 53.9 Å². The summed E-state index contributed by atoms with van der Waals surface area (Å²) in [6, 6.07) is 13.8. The predicted octanol–water partition coefficient (Wildman–Crippen LogP) is 3.69. The van der Waals surface area contributed by atoms with Crippen LogP contribution >= 0.6 is 0 Å². The van der Waals surface area contributed by atoms with E-state index in [0.29, 0.717) is 24.6 Å². The number of carbonyl (C=O) groups is 1. The summed E-state index contributed by atoms with van der Waals surface area (Å²) in [7, 11) is -1.11. The Morgan fingerprint density at radius 2 is 2.00 bits per heavy atom. The minimum absolute atomic E-state index is 0.287. The summed E-state index contributed by atoms with van der Waals surface area (Å²) in [5, 5.41) is 13.6. The third-order valence-corrected chi connectivity index (χ3v) is 5.34. The summed E-state index contributed by atoms with van der Waals surface area (Å²) in [5.74, 6) is -1.12. The van der Waals surface area contributed by atoms with E-state index in [1.165, 1.54) is 0 Å². The highest BCUT2D eigenvalue weighted by Crippen LogP contribution is 2.19. The van der Waals surface area contributed by atoms with Gasteiger partial charge in [0.1, 0.15) is 18.3 Å². The highest BCUT2D eigenvalue weighted by atomic mass is 28.3. The second-order valence-corrected chi connectivity index (χ2v) is 12.5. The lowest BCUT2D eigenvalue weighted by Crippen LogP contribution is -2.22. The predicted molar refractivity (Wildman–Crippen MR) is 95.5 cm³/mol. The molecule has 126 valence electrons. The van der Waals surface area contributed by atoms with Crippen molar-refractivity contribution in [3.8, 4) is 6.07 Å². The molecule has 2 rings (SSSR count). The van der Waals surface area contributed by atoms with Crippen LogP contribution in [0.2, 0.25) is 25.7 Å². The second kappa shape index (κ2) is 8.04. The first-order chi connectivity index (χ1) is 11.4. The summed E-state index contributed by atoms with van der Waals surface area (Å²) >= 11 is 0. The lowest BCUT2D eigenvalue weighted by Gasteiger charge is -2.15. The standard InChI is InChI=1S/C18H23N3O2Si/c1-24(2,3)12-11-23-14-21-10-9-17(20-21)18(22)16(13-19)15-7-5-4-6-8-15/h4-10,16H,11-12,14H2,1-3H3. The number of ether oxygens (including phenoxy) is 1. The van der Waals surface area contributed by atoms with E-state index in [2.05, 4.69) is 30.8 Å². The minimum atomic E-state index is -1.11. The Morgan fingerprint density at radius 1 is 1.29 bits per heavy atom. The highest BCUT2D eigenvalue weighted by Gasteiger charge is 2.23. The van der Waals surface area contributed by atoms with Gasteiger partial charge in [-0.25, -0.2) is 4.68 Å². The van der Waals surface area contributed by atoms with Crippen LogP contribution < -0.4 is 0 Å². The molecule has 0 aliphatic heterocycles. The number of carbonyl (C=O) groups excluding carboxylic acids is 1. The van der Waals surface area contributed by atoms with Crippen LogP contribution in [-0.2, 0) is 11.5 Å². The molecule has 0 aliphatic carbocycles. The number of hydrogen-bond acceptors (Lipinski definition) is 4. The second-order valence-electron chi connectivity index (χ2n) is 6.93. The molecule has 1 unspecified atom stereocenters. The van der Waals surface area contributed by atoms with Gasteiger partial charge in [0.25, 0.3) is 0 Å². The van der Waals surface area contributed by atoms with Crippen LogP contribution in [0.4, 0.5) is 0 Å². The van der Waals surface area contributed by atoms with Crippen LogP contribution in [0.1, 0.15) is 22.0 Å². The maximum Gasteiger partial charge on any atom is 0.204 e. The van der Waals surface area contributed by atoms with Crippen LogP contribution in [0, 0.1) is 11.3 Å². The molecule has 6 heteroatoms. The zero-order chi connectivity index (χ0) is 17.6. The smallest absolute Gasteiger partial charge is 0.204 e. The summed E-state index contributed by atoms with van der Waals surface area (Å²) in [6.45, 7) is 7.91. The van der Waals surface area contributed by atoms with Crippen LogP contribution in [0.15, 0.2) is 42.6 Å². The summed E-state index contributed by atoms with van der Waals surface area (Å²) < 4.78 is 7.21. The summed E-state index contributed by atoms with van der Waals surface area (Å²) in [4.78, 5) is 12.5. The Bertz CT molecular complexity index is 714. The molecule has 2 aromatic rings. The molecule has 5 nitrogen and oxygen atoms in total. The zero-order valence-corrected chi connectivity index (χ0v) is 15.4. The fourth-order valence-electron chi connectivity index (χ4n) is 2.18. The van der Waals surface area contributed by atoms with Gasteiger partial charge < -0.3 is 4.74 Å². The van der Waals surface area contributed by atoms with Crippen molar-refractivity contribution < 1.29 is 9.53 Å². The van der Waals surface area contributed by atoms with E-state index in [4.69, 9.17) is 4.74 Å². The Labute approximate surface area is 143 Å². The number of nitriles is 1. The van der Waals surface area contributed by atoms with E-state index in [1.807, 2.05) is 18.2 Å². The van der Waals surface area contributed by atoms with Gasteiger partial charge in [-0.3, -0.25) is 4.79 Å². The topological polar surface area (TPSA) is 67.9 Å². The Kier molecular flexibility index (Phi) is 6.07. The molecule has 0 saturated carbocycles. The molecule has 0 bridgehead atoms. The van der Waals surface area contributed by atoms with Crippen molar-refractivity contribution in [2.45, 2.75) is 38.3 Å². The van der Waals surface area contributed by atoms with Crippen molar-refractivity contribution in [3.63, 3.8) is 0 Å². The largest absolute Gasteiger partial charge is 0.360 e. The first-order valence-corrected chi connectivity index (χ1v) is 11.7. The molecule has 1 heterocycles. The van der Waals surface area contributed by atoms with Gasteiger partial charge in [0, 0.05) is 20.9 Å². The number of benzene rings is 1. The third kappa shape index (κ3) is 5.15. The monoisotopic (exact) mass is 341 g/mol. The van der Waals surface area contributed by atoms with Gasteiger partial charge in [-0.2, -0.15) is 10.4 Å². The fraction of sp³-hybridized carbons (Fsp3) is 0.389. The maximum atomic E-state index is 12.5. The summed E-state index contributed by atoms with van der Waals surface area (Å²) in [5.41, 5.74) is 0.977. The number of aromatic nitrogens is 2. The minimum Gasteiger partial charge on any atom is -0.360 e. The molecule has 0 aliphatic rings. The first kappa shape index (κ1) is 18.1. The number of nitrogens with zero attached hydrogens (tertiary/aromatic N) is 3. The van der Waals surface area contributed by atoms with E-state index in [0.717, 1.165) is 6.04 Å². The molecule has 1 aromatic heterocycles. The number of rotatable bonds is 8. The molecule has 24 heavy (non-hydrogen) atoms. The maximum absolute atomic E-state index is 12.5. The van der Waals surface area contributed by atoms with Gasteiger partial charge >= 0.3 is 0 Å². The molecular formula is C18H23N3O2Si. The Morgan fingerprint density at radius 3 is 2.62 bits per heavy atom. The van der Waals surface area contributed by atoms with Gasteiger partial charge in [-0.15, -0.1) is 0 Å². The number of Topliss-reactive ketones (excluding diaryl/α,β-unsaturated/α-hetero) is 1. The SMILES string of the molecule is C[Si](C)(C)CCOCn1ccc(C(=O)C(C#N)c2ccccc2)n1. The normalized spacial score (nSPS) is 12.6. The van der Waals surface area contributed by atoms with Gasteiger partial charge in [-0.1, -0.05) is 50.0 Å². The van der Waals surface area contributed by atoms with Gasteiger partial charge in [-0.05, 0) is 17.7 Å². The van der Waals surface area contributed by atoms with Crippen LogP contribution in [0.25, 0.3) is 0 Å². The van der Waals surface area contributed by atoms with Crippen molar-refractivity contribution in [2.24, 2.45) is 0 Å². The number of ketones is 1. The van der Waals surface area contributed by atoms with E-state index in [-0.39, 0.29) is 5.78 Å². The molecule has 0 spiro atoms. The van der Waals surface area contributed by atoms with Gasteiger partial charge in [0.2, 0.25) is 5.78 Å². The van der Waals surface area contributed by atoms with Crippen molar-refractivity contribution in [2.75, 3.05) is 6.61 Å². The first-order valence-electron chi connectivity index (χ1n) is 8.01.